The van der Waals surface area contributed by atoms with Crippen LogP contribution in [0.3, 0.4) is 0 Å². The summed E-state index contributed by atoms with van der Waals surface area (Å²) in [6.07, 6.45) is 1.60. The monoisotopic (exact) mass is 215 g/mol. The molecule has 0 fully saturated rings. The molecule has 0 saturated heterocycles. The van der Waals surface area contributed by atoms with Crippen LogP contribution in [0.15, 0.2) is 18.2 Å². The quantitative estimate of drug-likeness (QED) is 0.768. The zero-order chi connectivity index (χ0) is 11.3. The number of aromatic amines is 1. The van der Waals surface area contributed by atoms with E-state index in [1.165, 1.54) is 16.5 Å². The number of aliphatic carboxylic acids is 1. The second-order valence-corrected chi connectivity index (χ2v) is 4.44. The molecular weight excluding hydrogens is 202 g/mol. The van der Waals surface area contributed by atoms with Gasteiger partial charge in [-0.2, -0.15) is 0 Å². The van der Waals surface area contributed by atoms with Gasteiger partial charge in [0, 0.05) is 16.6 Å². The second kappa shape index (κ2) is 3.11. The van der Waals surface area contributed by atoms with Crippen molar-refractivity contribution in [1.82, 2.24) is 4.98 Å². The Morgan fingerprint density at radius 1 is 1.50 bits per heavy atom. The Bertz CT molecular complexity index is 583. The van der Waals surface area contributed by atoms with Crippen molar-refractivity contribution in [3.63, 3.8) is 0 Å². The smallest absolute Gasteiger partial charge is 0.312 e. The average Bonchev–Trinajstić information content (AvgIpc) is 2.74. The van der Waals surface area contributed by atoms with Crippen LogP contribution in [-0.4, -0.2) is 16.1 Å². The summed E-state index contributed by atoms with van der Waals surface area (Å²) in [6.45, 7) is 2.07. The third kappa shape index (κ3) is 1.11. The van der Waals surface area contributed by atoms with E-state index >= 15 is 0 Å². The molecule has 3 heteroatoms. The van der Waals surface area contributed by atoms with Crippen LogP contribution < -0.4 is 0 Å². The minimum Gasteiger partial charge on any atom is -0.481 e. The number of rotatable bonds is 1. The minimum atomic E-state index is -0.719. The van der Waals surface area contributed by atoms with Gasteiger partial charge in [-0.15, -0.1) is 0 Å². The number of aromatic nitrogens is 1. The fraction of sp³-hybridized carbons (Fsp3) is 0.308. The highest BCUT2D eigenvalue weighted by molar-refractivity contribution is 5.91. The van der Waals surface area contributed by atoms with E-state index in [1.54, 1.807) is 0 Å². The molecule has 3 nitrogen and oxygen atoms in total. The molecule has 1 aromatic heterocycles. The van der Waals surface area contributed by atoms with Crippen LogP contribution in [0.5, 0.6) is 0 Å². The molecule has 0 aliphatic heterocycles. The Morgan fingerprint density at radius 3 is 3.06 bits per heavy atom. The lowest BCUT2D eigenvalue weighted by Crippen LogP contribution is -2.08. The van der Waals surface area contributed by atoms with Crippen LogP contribution in [0.25, 0.3) is 10.9 Å². The van der Waals surface area contributed by atoms with Gasteiger partial charge in [0.15, 0.2) is 0 Å². The van der Waals surface area contributed by atoms with Gasteiger partial charge in [0.2, 0.25) is 0 Å². The normalized spacial score (nSPS) is 18.9. The van der Waals surface area contributed by atoms with Gasteiger partial charge in [-0.3, -0.25) is 4.79 Å². The Balaban J connectivity index is 2.29. The van der Waals surface area contributed by atoms with Crippen LogP contribution >= 0.6 is 0 Å². The molecular formula is C13H13NO2. The van der Waals surface area contributed by atoms with Crippen molar-refractivity contribution in [1.29, 1.82) is 0 Å². The number of nitrogens with one attached hydrogen (secondary N) is 1. The van der Waals surface area contributed by atoms with Crippen molar-refractivity contribution < 1.29 is 9.90 Å². The topological polar surface area (TPSA) is 53.1 Å². The molecule has 2 N–H and O–H groups in total. The highest BCUT2D eigenvalue weighted by Gasteiger charge is 2.31. The SMILES string of the molecule is Cc1cccc2[nH]c3c(c12)CCC3C(=O)O. The van der Waals surface area contributed by atoms with Crippen molar-refractivity contribution in [2.45, 2.75) is 25.7 Å². The van der Waals surface area contributed by atoms with E-state index in [4.69, 9.17) is 5.11 Å². The van der Waals surface area contributed by atoms with Crippen LogP contribution in [0.2, 0.25) is 0 Å². The van der Waals surface area contributed by atoms with E-state index in [-0.39, 0.29) is 5.92 Å². The number of carboxylic acid groups (broad SMARTS) is 1. The summed E-state index contributed by atoms with van der Waals surface area (Å²) in [4.78, 5) is 14.4. The number of carboxylic acids is 1. The molecule has 3 rings (SSSR count). The van der Waals surface area contributed by atoms with Gasteiger partial charge < -0.3 is 10.1 Å². The second-order valence-electron chi connectivity index (χ2n) is 4.44. The van der Waals surface area contributed by atoms with E-state index in [2.05, 4.69) is 18.0 Å². The molecule has 1 aliphatic rings. The van der Waals surface area contributed by atoms with Crippen molar-refractivity contribution in [3.8, 4) is 0 Å². The number of fused-ring (bicyclic) bond motifs is 3. The predicted molar refractivity (Wildman–Crippen MR) is 61.7 cm³/mol. The number of aryl methyl sites for hydroxylation is 2. The average molecular weight is 215 g/mol. The number of benzene rings is 1. The number of hydrogen-bond donors (Lipinski definition) is 2. The number of hydrogen-bond acceptors (Lipinski definition) is 1. The van der Waals surface area contributed by atoms with E-state index in [0.29, 0.717) is 0 Å². The molecule has 0 radical (unpaired) electrons. The Hall–Kier alpha value is -1.77. The first-order valence-corrected chi connectivity index (χ1v) is 5.51. The molecule has 1 aliphatic carbocycles. The summed E-state index contributed by atoms with van der Waals surface area (Å²) in [5.41, 5.74) is 4.41. The largest absolute Gasteiger partial charge is 0.481 e. The molecule has 2 aromatic rings. The molecule has 1 heterocycles. The summed E-state index contributed by atoms with van der Waals surface area (Å²) >= 11 is 0. The summed E-state index contributed by atoms with van der Waals surface area (Å²) in [6, 6.07) is 6.09. The zero-order valence-electron chi connectivity index (χ0n) is 9.08. The lowest BCUT2D eigenvalue weighted by atomic mass is 10.1. The fourth-order valence-corrected chi connectivity index (χ4v) is 2.76. The van der Waals surface area contributed by atoms with Crippen molar-refractivity contribution in [3.05, 3.63) is 35.0 Å². The van der Waals surface area contributed by atoms with Gasteiger partial charge in [0.05, 0.1) is 5.92 Å². The third-order valence-corrected chi connectivity index (χ3v) is 3.50. The maximum atomic E-state index is 11.1. The third-order valence-electron chi connectivity index (χ3n) is 3.50. The van der Waals surface area contributed by atoms with E-state index < -0.39 is 5.97 Å². The fourth-order valence-electron chi connectivity index (χ4n) is 2.76. The first kappa shape index (κ1) is 9.46. The molecule has 0 bridgehead atoms. The summed E-state index contributed by atoms with van der Waals surface area (Å²) < 4.78 is 0. The molecule has 1 aromatic carbocycles. The maximum absolute atomic E-state index is 11.1. The summed E-state index contributed by atoms with van der Waals surface area (Å²) in [5, 5.41) is 10.4. The maximum Gasteiger partial charge on any atom is 0.312 e. The van der Waals surface area contributed by atoms with Gasteiger partial charge in [0.25, 0.3) is 0 Å². The number of H-pyrrole nitrogens is 1. The van der Waals surface area contributed by atoms with Gasteiger partial charge in [-0.1, -0.05) is 12.1 Å². The molecule has 0 spiro atoms. The van der Waals surface area contributed by atoms with Gasteiger partial charge in [-0.05, 0) is 37.0 Å². The van der Waals surface area contributed by atoms with Crippen molar-refractivity contribution in [2.24, 2.45) is 0 Å². The molecule has 1 atom stereocenters. The van der Waals surface area contributed by atoms with Crippen molar-refractivity contribution in [2.75, 3.05) is 0 Å². The van der Waals surface area contributed by atoms with E-state index in [0.717, 1.165) is 24.1 Å². The van der Waals surface area contributed by atoms with Crippen LogP contribution in [0.4, 0.5) is 0 Å². The van der Waals surface area contributed by atoms with Crippen molar-refractivity contribution >= 4 is 16.9 Å². The highest BCUT2D eigenvalue weighted by atomic mass is 16.4. The van der Waals surface area contributed by atoms with Crippen LogP contribution in [0, 0.1) is 6.92 Å². The van der Waals surface area contributed by atoms with Crippen LogP contribution in [-0.2, 0) is 11.2 Å². The molecule has 1 unspecified atom stereocenters. The molecule has 0 saturated carbocycles. The standard InChI is InChI=1S/C13H13NO2/c1-7-3-2-4-10-11(7)8-5-6-9(13(15)16)12(8)14-10/h2-4,9,14H,5-6H2,1H3,(H,15,16). The Kier molecular flexibility index (Phi) is 1.84. The number of carbonyl (C=O) groups is 1. The van der Waals surface area contributed by atoms with E-state index in [9.17, 15) is 4.79 Å². The predicted octanol–water partition coefficient (Wildman–Crippen LogP) is 2.59. The van der Waals surface area contributed by atoms with E-state index in [1.807, 2.05) is 12.1 Å². The first-order valence-electron chi connectivity index (χ1n) is 5.51. The lowest BCUT2D eigenvalue weighted by Gasteiger charge is -2.01. The zero-order valence-corrected chi connectivity index (χ0v) is 9.08. The molecule has 0 amide bonds. The molecule has 16 heavy (non-hydrogen) atoms. The Labute approximate surface area is 93.1 Å². The van der Waals surface area contributed by atoms with Gasteiger partial charge in [0.1, 0.15) is 0 Å². The first-order chi connectivity index (χ1) is 7.68. The van der Waals surface area contributed by atoms with Gasteiger partial charge >= 0.3 is 5.97 Å². The highest BCUT2D eigenvalue weighted by Crippen LogP contribution is 2.38. The lowest BCUT2D eigenvalue weighted by molar-refractivity contribution is -0.138. The molecule has 82 valence electrons. The Morgan fingerprint density at radius 2 is 2.31 bits per heavy atom. The minimum absolute atomic E-state index is 0.346. The van der Waals surface area contributed by atoms with Gasteiger partial charge in [-0.25, -0.2) is 0 Å². The summed E-state index contributed by atoms with van der Waals surface area (Å²) in [5.74, 6) is -1.07. The van der Waals surface area contributed by atoms with Crippen LogP contribution in [0.1, 0.15) is 29.2 Å². The summed E-state index contributed by atoms with van der Waals surface area (Å²) in [7, 11) is 0.